The van der Waals surface area contributed by atoms with Crippen LogP contribution in [0.25, 0.3) is 0 Å². The SMILES string of the molecule is O=C(CC1(C(=O)O)CCC1)N1CCCC1c1cccc(Br)c1. The van der Waals surface area contributed by atoms with Crippen LogP contribution in [0.15, 0.2) is 28.7 Å². The zero-order valence-electron chi connectivity index (χ0n) is 12.4. The molecule has 0 spiro atoms. The van der Waals surface area contributed by atoms with Gasteiger partial charge in [-0.1, -0.05) is 34.5 Å². The monoisotopic (exact) mass is 365 g/mol. The fourth-order valence-electron chi connectivity index (χ4n) is 3.59. The Kier molecular flexibility index (Phi) is 4.26. The summed E-state index contributed by atoms with van der Waals surface area (Å²) in [4.78, 5) is 26.0. The number of benzene rings is 1. The number of amides is 1. The highest BCUT2D eigenvalue weighted by molar-refractivity contribution is 9.10. The first-order chi connectivity index (χ1) is 10.5. The van der Waals surface area contributed by atoms with Gasteiger partial charge in [-0.05, 0) is 43.4 Å². The van der Waals surface area contributed by atoms with E-state index in [9.17, 15) is 14.7 Å². The molecular weight excluding hydrogens is 346 g/mol. The Morgan fingerprint density at radius 3 is 2.68 bits per heavy atom. The molecule has 1 aromatic carbocycles. The van der Waals surface area contributed by atoms with E-state index >= 15 is 0 Å². The van der Waals surface area contributed by atoms with E-state index in [2.05, 4.69) is 15.9 Å². The summed E-state index contributed by atoms with van der Waals surface area (Å²) >= 11 is 3.47. The van der Waals surface area contributed by atoms with Crippen LogP contribution in [0.5, 0.6) is 0 Å². The molecule has 1 aliphatic heterocycles. The van der Waals surface area contributed by atoms with Crippen LogP contribution in [0.2, 0.25) is 0 Å². The summed E-state index contributed by atoms with van der Waals surface area (Å²) < 4.78 is 1.00. The average molecular weight is 366 g/mol. The van der Waals surface area contributed by atoms with Gasteiger partial charge in [-0.25, -0.2) is 0 Å². The van der Waals surface area contributed by atoms with Gasteiger partial charge >= 0.3 is 5.97 Å². The molecule has 1 amide bonds. The quantitative estimate of drug-likeness (QED) is 0.883. The normalized spacial score (nSPS) is 23.1. The Morgan fingerprint density at radius 1 is 1.32 bits per heavy atom. The van der Waals surface area contributed by atoms with Gasteiger partial charge in [0.05, 0.1) is 11.5 Å². The van der Waals surface area contributed by atoms with Crippen molar-refractivity contribution >= 4 is 27.8 Å². The molecule has 1 heterocycles. The molecule has 2 aliphatic rings. The number of aliphatic carboxylic acids is 1. The Bertz CT molecular complexity index is 597. The summed E-state index contributed by atoms with van der Waals surface area (Å²) in [7, 11) is 0. The van der Waals surface area contributed by atoms with Gasteiger partial charge in [-0.2, -0.15) is 0 Å². The largest absolute Gasteiger partial charge is 0.481 e. The highest BCUT2D eigenvalue weighted by atomic mass is 79.9. The van der Waals surface area contributed by atoms with Gasteiger partial charge in [0.25, 0.3) is 0 Å². The standard InChI is InChI=1S/C17H20BrNO3/c18-13-5-1-4-12(10-13)14-6-2-9-19(14)15(20)11-17(16(21)22)7-3-8-17/h1,4-5,10,14H,2-3,6-9,11H2,(H,21,22). The summed E-state index contributed by atoms with van der Waals surface area (Å²) in [6.07, 6.45) is 4.24. The minimum absolute atomic E-state index is 0.00965. The van der Waals surface area contributed by atoms with Gasteiger partial charge in [0.15, 0.2) is 0 Å². The minimum Gasteiger partial charge on any atom is -0.481 e. The van der Waals surface area contributed by atoms with E-state index in [0.717, 1.165) is 35.8 Å². The van der Waals surface area contributed by atoms with Crippen LogP contribution in [0.3, 0.4) is 0 Å². The van der Waals surface area contributed by atoms with Gasteiger partial charge in [-0.3, -0.25) is 9.59 Å². The van der Waals surface area contributed by atoms with Crippen molar-refractivity contribution in [1.29, 1.82) is 0 Å². The molecule has 118 valence electrons. The van der Waals surface area contributed by atoms with Crippen LogP contribution < -0.4 is 0 Å². The Morgan fingerprint density at radius 2 is 2.09 bits per heavy atom. The Balaban J connectivity index is 1.75. The maximum atomic E-state index is 12.7. The lowest BCUT2D eigenvalue weighted by Crippen LogP contribution is -2.43. The molecule has 1 aliphatic carbocycles. The number of nitrogens with zero attached hydrogens (tertiary/aromatic N) is 1. The van der Waals surface area contributed by atoms with Gasteiger partial charge in [0.2, 0.25) is 5.91 Å². The molecule has 1 saturated heterocycles. The summed E-state index contributed by atoms with van der Waals surface area (Å²) in [5, 5.41) is 9.42. The number of hydrogen-bond donors (Lipinski definition) is 1. The van der Waals surface area contributed by atoms with Crippen LogP contribution in [0.1, 0.15) is 50.1 Å². The van der Waals surface area contributed by atoms with Gasteiger partial charge in [-0.15, -0.1) is 0 Å². The Labute approximate surface area is 138 Å². The van der Waals surface area contributed by atoms with Crippen molar-refractivity contribution in [2.45, 2.75) is 44.6 Å². The smallest absolute Gasteiger partial charge is 0.310 e. The van der Waals surface area contributed by atoms with Crippen molar-refractivity contribution in [3.63, 3.8) is 0 Å². The first-order valence-corrected chi connectivity index (χ1v) is 8.59. The van der Waals surface area contributed by atoms with Crippen LogP contribution in [-0.4, -0.2) is 28.4 Å². The number of halogens is 1. The van der Waals surface area contributed by atoms with Crippen molar-refractivity contribution in [1.82, 2.24) is 4.90 Å². The second-order valence-corrected chi connectivity index (χ2v) is 7.33. The maximum absolute atomic E-state index is 12.7. The average Bonchev–Trinajstić information content (AvgIpc) is 2.91. The van der Waals surface area contributed by atoms with Crippen LogP contribution >= 0.6 is 15.9 Å². The third kappa shape index (κ3) is 2.78. The zero-order valence-corrected chi connectivity index (χ0v) is 14.0. The molecule has 0 bridgehead atoms. The van der Waals surface area contributed by atoms with E-state index in [1.165, 1.54) is 0 Å². The lowest BCUT2D eigenvalue weighted by atomic mass is 9.66. The summed E-state index contributed by atoms with van der Waals surface area (Å²) in [6.45, 7) is 0.728. The minimum atomic E-state index is -0.815. The zero-order chi connectivity index (χ0) is 15.7. The summed E-state index contributed by atoms with van der Waals surface area (Å²) in [5.41, 5.74) is 0.319. The topological polar surface area (TPSA) is 57.6 Å². The molecule has 1 N–H and O–H groups in total. The van der Waals surface area contributed by atoms with E-state index < -0.39 is 11.4 Å². The number of carbonyl (C=O) groups is 2. The van der Waals surface area contributed by atoms with E-state index in [1.807, 2.05) is 29.2 Å². The van der Waals surface area contributed by atoms with Crippen LogP contribution in [0.4, 0.5) is 0 Å². The van der Waals surface area contributed by atoms with E-state index in [-0.39, 0.29) is 18.4 Å². The van der Waals surface area contributed by atoms with Gasteiger partial charge in [0, 0.05) is 17.4 Å². The third-order valence-electron chi connectivity index (χ3n) is 5.06. The highest BCUT2D eigenvalue weighted by Gasteiger charge is 2.47. The predicted molar refractivity (Wildman–Crippen MR) is 86.4 cm³/mol. The molecule has 5 heteroatoms. The van der Waals surface area contributed by atoms with Crippen molar-refractivity contribution in [2.24, 2.45) is 5.41 Å². The van der Waals surface area contributed by atoms with Crippen LogP contribution in [-0.2, 0) is 9.59 Å². The number of likely N-dealkylation sites (tertiary alicyclic amines) is 1. The Hall–Kier alpha value is -1.36. The van der Waals surface area contributed by atoms with E-state index in [1.54, 1.807) is 0 Å². The second-order valence-electron chi connectivity index (χ2n) is 6.42. The molecule has 2 fully saturated rings. The molecule has 4 nitrogen and oxygen atoms in total. The second kappa shape index (κ2) is 6.03. The predicted octanol–water partition coefficient (Wildman–Crippen LogP) is 3.76. The van der Waals surface area contributed by atoms with Crippen LogP contribution in [0, 0.1) is 5.41 Å². The number of hydrogen-bond acceptors (Lipinski definition) is 2. The lowest BCUT2D eigenvalue weighted by molar-refractivity contribution is -0.159. The molecular formula is C17H20BrNO3. The third-order valence-corrected chi connectivity index (χ3v) is 5.55. The first-order valence-electron chi connectivity index (χ1n) is 7.80. The fraction of sp³-hybridized carbons (Fsp3) is 0.529. The fourth-order valence-corrected chi connectivity index (χ4v) is 4.00. The van der Waals surface area contributed by atoms with Gasteiger partial charge < -0.3 is 10.0 Å². The molecule has 22 heavy (non-hydrogen) atoms. The van der Waals surface area contributed by atoms with Crippen molar-refractivity contribution < 1.29 is 14.7 Å². The van der Waals surface area contributed by atoms with Crippen molar-refractivity contribution in [3.8, 4) is 0 Å². The molecule has 0 radical (unpaired) electrons. The lowest BCUT2D eigenvalue weighted by Gasteiger charge is -2.38. The van der Waals surface area contributed by atoms with Gasteiger partial charge in [0.1, 0.15) is 0 Å². The first kappa shape index (κ1) is 15.5. The molecule has 1 atom stereocenters. The number of rotatable bonds is 4. The summed E-state index contributed by atoms with van der Waals surface area (Å²) in [5.74, 6) is -0.824. The molecule has 1 unspecified atom stereocenters. The molecule has 1 saturated carbocycles. The van der Waals surface area contributed by atoms with Crippen molar-refractivity contribution in [2.75, 3.05) is 6.54 Å². The van der Waals surface area contributed by atoms with E-state index in [0.29, 0.717) is 12.8 Å². The molecule has 1 aromatic rings. The number of carboxylic acids is 1. The number of carboxylic acid groups (broad SMARTS) is 1. The maximum Gasteiger partial charge on any atom is 0.310 e. The van der Waals surface area contributed by atoms with E-state index in [4.69, 9.17) is 0 Å². The number of carbonyl (C=O) groups excluding carboxylic acids is 1. The molecule has 0 aromatic heterocycles. The summed E-state index contributed by atoms with van der Waals surface area (Å²) in [6, 6.07) is 8.11. The van der Waals surface area contributed by atoms with Crippen molar-refractivity contribution in [3.05, 3.63) is 34.3 Å². The highest BCUT2D eigenvalue weighted by Crippen LogP contribution is 2.45. The molecule has 3 rings (SSSR count).